The molecular weight excluding hydrogens is 146 g/mol. The molecule has 0 radical (unpaired) electrons. The Bertz CT molecular complexity index is 242. The molecule has 1 rings (SSSR count). The van der Waals surface area contributed by atoms with Crippen LogP contribution in [0.4, 0.5) is 5.69 Å². The van der Waals surface area contributed by atoms with Crippen LogP contribution in [0.25, 0.3) is 5.76 Å². The van der Waals surface area contributed by atoms with Crippen molar-refractivity contribution in [2.24, 2.45) is 0 Å². The highest BCUT2D eigenvalue weighted by molar-refractivity contribution is 7.11. The van der Waals surface area contributed by atoms with Crippen LogP contribution < -0.4 is 5.73 Å². The molecule has 0 unspecified atom stereocenters. The Kier molecular flexibility index (Phi) is 1.97. The second-order valence-corrected chi connectivity index (χ2v) is 2.75. The fourth-order valence-electron chi connectivity index (χ4n) is 0.639. The monoisotopic (exact) mass is 155 g/mol. The zero-order chi connectivity index (χ0) is 7.56. The molecule has 0 fully saturated rings. The lowest BCUT2D eigenvalue weighted by molar-refractivity contribution is 0.373. The van der Waals surface area contributed by atoms with Crippen molar-refractivity contribution in [2.75, 3.05) is 12.8 Å². The van der Waals surface area contributed by atoms with E-state index in [9.17, 15) is 0 Å². The molecule has 0 aromatic carbocycles. The number of methoxy groups -OCH3 is 1. The average molecular weight is 155 g/mol. The van der Waals surface area contributed by atoms with E-state index in [-0.39, 0.29) is 0 Å². The first kappa shape index (κ1) is 7.15. The maximum Gasteiger partial charge on any atom is 0.130 e. The summed E-state index contributed by atoms with van der Waals surface area (Å²) in [7, 11) is 1.58. The summed E-state index contributed by atoms with van der Waals surface area (Å²) >= 11 is 1.53. The van der Waals surface area contributed by atoms with Crippen LogP contribution in [-0.4, -0.2) is 7.11 Å². The minimum atomic E-state index is 0.632. The third-order valence-electron chi connectivity index (χ3n) is 1.20. The molecule has 0 aliphatic carbocycles. The zero-order valence-corrected chi connectivity index (χ0v) is 6.57. The van der Waals surface area contributed by atoms with E-state index in [2.05, 4.69) is 6.58 Å². The number of hydrogen-bond acceptors (Lipinski definition) is 3. The predicted octanol–water partition coefficient (Wildman–Crippen LogP) is 1.95. The molecule has 0 bridgehead atoms. The summed E-state index contributed by atoms with van der Waals surface area (Å²) in [6.45, 7) is 3.68. The molecule has 0 saturated heterocycles. The number of hydrogen-bond donors (Lipinski definition) is 1. The molecule has 0 amide bonds. The van der Waals surface area contributed by atoms with Gasteiger partial charge in [-0.25, -0.2) is 0 Å². The van der Waals surface area contributed by atoms with E-state index in [1.807, 2.05) is 11.4 Å². The van der Waals surface area contributed by atoms with Gasteiger partial charge in [-0.15, -0.1) is 11.3 Å². The summed E-state index contributed by atoms with van der Waals surface area (Å²) in [5.41, 5.74) is 6.32. The van der Waals surface area contributed by atoms with Gasteiger partial charge in [-0.3, -0.25) is 0 Å². The van der Waals surface area contributed by atoms with E-state index in [0.717, 1.165) is 10.6 Å². The normalized spacial score (nSPS) is 9.30. The first-order valence-electron chi connectivity index (χ1n) is 2.82. The summed E-state index contributed by atoms with van der Waals surface area (Å²) in [6, 6.07) is 1.84. The maximum absolute atomic E-state index is 5.59. The molecule has 0 aliphatic heterocycles. The summed E-state index contributed by atoms with van der Waals surface area (Å²) in [4.78, 5) is 0.919. The van der Waals surface area contributed by atoms with Crippen molar-refractivity contribution < 1.29 is 4.74 Å². The lowest BCUT2D eigenvalue weighted by Crippen LogP contribution is -1.87. The number of rotatable bonds is 2. The van der Waals surface area contributed by atoms with E-state index < -0.39 is 0 Å². The lowest BCUT2D eigenvalue weighted by Gasteiger charge is -2.00. The molecular formula is C7H9NOS. The number of nitrogens with two attached hydrogens (primary N) is 1. The Morgan fingerprint density at radius 3 is 2.90 bits per heavy atom. The Balaban J connectivity index is 2.93. The van der Waals surface area contributed by atoms with Crippen LogP contribution >= 0.6 is 11.3 Å². The largest absolute Gasteiger partial charge is 0.496 e. The summed E-state index contributed by atoms with van der Waals surface area (Å²) in [5.74, 6) is 0.632. The third-order valence-corrected chi connectivity index (χ3v) is 2.17. The molecule has 1 aromatic heterocycles. The van der Waals surface area contributed by atoms with Crippen LogP contribution in [0.15, 0.2) is 18.0 Å². The van der Waals surface area contributed by atoms with Crippen LogP contribution in [0.1, 0.15) is 4.88 Å². The van der Waals surface area contributed by atoms with Gasteiger partial charge in [-0.1, -0.05) is 6.58 Å². The van der Waals surface area contributed by atoms with Gasteiger partial charge in [0, 0.05) is 0 Å². The number of anilines is 1. The third kappa shape index (κ3) is 1.14. The first-order chi connectivity index (χ1) is 4.75. The lowest BCUT2D eigenvalue weighted by atomic mass is 10.4. The molecule has 2 N–H and O–H groups in total. The van der Waals surface area contributed by atoms with Gasteiger partial charge in [0.15, 0.2) is 0 Å². The van der Waals surface area contributed by atoms with Gasteiger partial charge in [0.25, 0.3) is 0 Å². The predicted molar refractivity (Wildman–Crippen MR) is 44.8 cm³/mol. The van der Waals surface area contributed by atoms with Crippen molar-refractivity contribution in [1.82, 2.24) is 0 Å². The second-order valence-electron chi connectivity index (χ2n) is 1.83. The molecule has 3 heteroatoms. The second kappa shape index (κ2) is 2.75. The van der Waals surface area contributed by atoms with Crippen LogP contribution in [0.2, 0.25) is 0 Å². The fraction of sp³-hybridized carbons (Fsp3) is 0.143. The van der Waals surface area contributed by atoms with Crippen molar-refractivity contribution in [3.63, 3.8) is 0 Å². The van der Waals surface area contributed by atoms with Crippen molar-refractivity contribution in [1.29, 1.82) is 0 Å². The van der Waals surface area contributed by atoms with Gasteiger partial charge >= 0.3 is 0 Å². The Morgan fingerprint density at radius 1 is 1.80 bits per heavy atom. The quantitative estimate of drug-likeness (QED) is 0.662. The van der Waals surface area contributed by atoms with Crippen molar-refractivity contribution >= 4 is 22.8 Å². The van der Waals surface area contributed by atoms with Crippen molar-refractivity contribution in [3.8, 4) is 0 Å². The topological polar surface area (TPSA) is 35.2 Å². The SMILES string of the molecule is C=C(OC)c1sccc1N. The van der Waals surface area contributed by atoms with Crippen LogP contribution in [-0.2, 0) is 4.74 Å². The molecule has 54 valence electrons. The number of thiophene rings is 1. The Hall–Kier alpha value is -0.960. The molecule has 1 heterocycles. The van der Waals surface area contributed by atoms with Crippen LogP contribution in [0.5, 0.6) is 0 Å². The minimum Gasteiger partial charge on any atom is -0.496 e. The Labute approximate surface area is 63.9 Å². The van der Waals surface area contributed by atoms with Gasteiger partial charge in [0.1, 0.15) is 5.76 Å². The highest BCUT2D eigenvalue weighted by atomic mass is 32.1. The van der Waals surface area contributed by atoms with E-state index in [0.29, 0.717) is 5.76 Å². The van der Waals surface area contributed by atoms with E-state index >= 15 is 0 Å². The number of ether oxygens (including phenoxy) is 1. The molecule has 2 nitrogen and oxygen atoms in total. The van der Waals surface area contributed by atoms with Gasteiger partial charge < -0.3 is 10.5 Å². The van der Waals surface area contributed by atoms with Gasteiger partial charge in [0.2, 0.25) is 0 Å². The van der Waals surface area contributed by atoms with Crippen LogP contribution in [0.3, 0.4) is 0 Å². The molecule has 10 heavy (non-hydrogen) atoms. The van der Waals surface area contributed by atoms with E-state index in [1.165, 1.54) is 11.3 Å². The van der Waals surface area contributed by atoms with Gasteiger partial charge in [-0.05, 0) is 11.4 Å². The van der Waals surface area contributed by atoms with Crippen LogP contribution in [0, 0.1) is 0 Å². The summed E-state index contributed by atoms with van der Waals surface area (Å²) < 4.78 is 4.91. The van der Waals surface area contributed by atoms with Gasteiger partial charge in [-0.2, -0.15) is 0 Å². The standard InChI is InChI=1S/C7H9NOS/c1-5(9-2)7-6(8)3-4-10-7/h3-4H,1,8H2,2H3. The molecule has 1 aromatic rings. The smallest absolute Gasteiger partial charge is 0.130 e. The fourth-order valence-corrected chi connectivity index (χ4v) is 1.41. The van der Waals surface area contributed by atoms with E-state index in [1.54, 1.807) is 7.11 Å². The molecule has 0 atom stereocenters. The van der Waals surface area contributed by atoms with E-state index in [4.69, 9.17) is 10.5 Å². The van der Waals surface area contributed by atoms with Gasteiger partial charge in [0.05, 0.1) is 17.7 Å². The first-order valence-corrected chi connectivity index (χ1v) is 3.70. The number of nitrogen functional groups attached to an aromatic ring is 1. The highest BCUT2D eigenvalue weighted by Crippen LogP contribution is 2.25. The van der Waals surface area contributed by atoms with Crippen molar-refractivity contribution in [2.45, 2.75) is 0 Å². The molecule has 0 saturated carbocycles. The Morgan fingerprint density at radius 2 is 2.50 bits per heavy atom. The zero-order valence-electron chi connectivity index (χ0n) is 5.76. The highest BCUT2D eigenvalue weighted by Gasteiger charge is 2.03. The minimum absolute atomic E-state index is 0.632. The molecule has 0 spiro atoms. The summed E-state index contributed by atoms with van der Waals surface area (Å²) in [5, 5.41) is 1.91. The molecule has 0 aliphatic rings. The average Bonchev–Trinajstić information content (AvgIpc) is 2.34. The maximum atomic E-state index is 5.59. The summed E-state index contributed by atoms with van der Waals surface area (Å²) in [6.07, 6.45) is 0. The van der Waals surface area contributed by atoms with Crippen molar-refractivity contribution in [3.05, 3.63) is 22.9 Å².